The van der Waals surface area contributed by atoms with Gasteiger partial charge in [-0.2, -0.15) is 4.31 Å². The monoisotopic (exact) mass is 479 g/mol. The van der Waals surface area contributed by atoms with Crippen molar-refractivity contribution in [3.05, 3.63) is 90.0 Å². The highest BCUT2D eigenvalue weighted by molar-refractivity contribution is 7.89. The van der Waals surface area contributed by atoms with E-state index in [0.29, 0.717) is 43.2 Å². The molecule has 0 atom stereocenters. The van der Waals surface area contributed by atoms with Crippen LogP contribution in [0, 0.1) is 0 Å². The largest absolute Gasteiger partial charge is 0.495 e. The average molecular weight is 480 g/mol. The zero-order valence-electron chi connectivity index (χ0n) is 19.4. The van der Waals surface area contributed by atoms with Gasteiger partial charge in [-0.05, 0) is 35.9 Å². The highest BCUT2D eigenvalue weighted by Gasteiger charge is 2.29. The first-order valence-electron chi connectivity index (χ1n) is 11.2. The topological polar surface area (TPSA) is 70.2 Å². The van der Waals surface area contributed by atoms with Crippen LogP contribution in [-0.2, 0) is 16.6 Å². The Hall–Kier alpha value is -3.20. The Bertz CT molecular complexity index is 1240. The zero-order valence-corrected chi connectivity index (χ0v) is 20.2. The van der Waals surface area contributed by atoms with Gasteiger partial charge in [-0.15, -0.1) is 0 Å². The van der Waals surface area contributed by atoms with Gasteiger partial charge in [0.1, 0.15) is 5.75 Å². The first-order chi connectivity index (χ1) is 16.4. The number of hydrogen-bond donors (Lipinski definition) is 0. The Balaban J connectivity index is 1.47. The third kappa shape index (κ3) is 5.14. The number of hydrogen-bond acceptors (Lipinski definition) is 5. The molecule has 0 saturated carbocycles. The molecule has 0 bridgehead atoms. The Labute approximate surface area is 201 Å². The lowest BCUT2D eigenvalue weighted by Crippen LogP contribution is -2.48. The summed E-state index contributed by atoms with van der Waals surface area (Å²) >= 11 is 0. The average Bonchev–Trinajstić information content (AvgIpc) is 2.89. The Morgan fingerprint density at radius 3 is 2.29 bits per heavy atom. The van der Waals surface area contributed by atoms with Crippen LogP contribution < -0.4 is 9.64 Å². The normalized spacial score (nSPS) is 15.1. The molecule has 34 heavy (non-hydrogen) atoms. The molecule has 0 N–H and O–H groups in total. The van der Waals surface area contributed by atoms with E-state index < -0.39 is 10.0 Å². The number of ether oxygens (including phenoxy) is 1. The Morgan fingerprint density at radius 1 is 0.912 bits per heavy atom. The smallest absolute Gasteiger partial charge is 0.258 e. The lowest BCUT2D eigenvalue weighted by molar-refractivity contribution is 0.0992. The minimum atomic E-state index is -3.71. The highest BCUT2D eigenvalue weighted by atomic mass is 32.2. The molecular weight excluding hydrogens is 450 g/mol. The van der Waals surface area contributed by atoms with E-state index in [1.165, 1.54) is 20.8 Å². The number of piperazine rings is 1. The second kappa shape index (κ2) is 10.4. The van der Waals surface area contributed by atoms with Gasteiger partial charge in [0.05, 0.1) is 17.7 Å². The minimum Gasteiger partial charge on any atom is -0.495 e. The van der Waals surface area contributed by atoms with Crippen LogP contribution in [0.3, 0.4) is 0 Å². The molecule has 3 aromatic rings. The summed E-state index contributed by atoms with van der Waals surface area (Å²) in [4.78, 5) is 17.0. The van der Waals surface area contributed by atoms with Crippen LogP contribution in [-0.4, -0.2) is 63.9 Å². The molecule has 1 aliphatic rings. The molecule has 1 heterocycles. The summed E-state index contributed by atoms with van der Waals surface area (Å²) in [6.07, 6.45) is 0. The molecule has 178 valence electrons. The molecule has 1 fully saturated rings. The second-order valence-corrected chi connectivity index (χ2v) is 10.2. The van der Waals surface area contributed by atoms with Gasteiger partial charge < -0.3 is 9.64 Å². The van der Waals surface area contributed by atoms with Crippen molar-refractivity contribution in [2.75, 3.05) is 45.2 Å². The van der Waals surface area contributed by atoms with E-state index in [2.05, 4.69) is 17.0 Å². The van der Waals surface area contributed by atoms with Gasteiger partial charge in [-0.25, -0.2) is 8.42 Å². The van der Waals surface area contributed by atoms with Gasteiger partial charge in [0, 0.05) is 45.3 Å². The molecule has 1 aliphatic heterocycles. The molecule has 0 spiro atoms. The lowest BCUT2D eigenvalue weighted by atomic mass is 10.2. The molecule has 0 radical (unpaired) electrons. The van der Waals surface area contributed by atoms with E-state index in [9.17, 15) is 13.2 Å². The molecule has 8 heteroatoms. The van der Waals surface area contributed by atoms with E-state index in [-0.39, 0.29) is 10.8 Å². The van der Waals surface area contributed by atoms with E-state index in [1.807, 2.05) is 30.3 Å². The number of nitrogens with zero attached hydrogens (tertiary/aromatic N) is 3. The van der Waals surface area contributed by atoms with Gasteiger partial charge in [-0.1, -0.05) is 48.5 Å². The van der Waals surface area contributed by atoms with Crippen molar-refractivity contribution in [2.24, 2.45) is 0 Å². The van der Waals surface area contributed by atoms with Gasteiger partial charge in [0.2, 0.25) is 10.0 Å². The Morgan fingerprint density at radius 2 is 1.59 bits per heavy atom. The molecule has 1 amide bonds. The van der Waals surface area contributed by atoms with Crippen molar-refractivity contribution in [3.8, 4) is 5.75 Å². The van der Waals surface area contributed by atoms with Crippen LogP contribution in [0.15, 0.2) is 83.8 Å². The molecule has 3 aromatic carbocycles. The predicted molar refractivity (Wildman–Crippen MR) is 133 cm³/mol. The number of carbonyl (C=O) groups is 1. The first kappa shape index (κ1) is 23.9. The van der Waals surface area contributed by atoms with Crippen LogP contribution >= 0.6 is 0 Å². The minimum absolute atomic E-state index is 0.128. The van der Waals surface area contributed by atoms with Gasteiger partial charge in [-0.3, -0.25) is 9.69 Å². The third-order valence-corrected chi connectivity index (χ3v) is 7.94. The number of sulfonamides is 1. The molecule has 4 rings (SSSR count). The van der Waals surface area contributed by atoms with Crippen molar-refractivity contribution in [1.82, 2.24) is 9.21 Å². The maximum Gasteiger partial charge on any atom is 0.258 e. The number of amides is 1. The highest BCUT2D eigenvalue weighted by Crippen LogP contribution is 2.28. The van der Waals surface area contributed by atoms with E-state index in [1.54, 1.807) is 44.5 Å². The Kier molecular flexibility index (Phi) is 7.31. The summed E-state index contributed by atoms with van der Waals surface area (Å²) in [6.45, 7) is 2.93. The van der Waals surface area contributed by atoms with Crippen molar-refractivity contribution in [1.29, 1.82) is 0 Å². The van der Waals surface area contributed by atoms with Crippen molar-refractivity contribution >= 4 is 21.6 Å². The SMILES string of the molecule is COc1ccccc1N(C)C(=O)c1cccc(S(=O)(=O)N2CCN(Cc3ccccc3)CC2)c1. The lowest BCUT2D eigenvalue weighted by Gasteiger charge is -2.34. The number of carbonyl (C=O) groups excluding carboxylic acids is 1. The zero-order chi connectivity index (χ0) is 24.1. The molecule has 0 aromatic heterocycles. The fraction of sp³-hybridized carbons (Fsp3) is 0.269. The van der Waals surface area contributed by atoms with Crippen LogP contribution in [0.2, 0.25) is 0 Å². The van der Waals surface area contributed by atoms with Crippen LogP contribution in [0.1, 0.15) is 15.9 Å². The van der Waals surface area contributed by atoms with E-state index in [0.717, 1.165) is 6.54 Å². The number of methoxy groups -OCH3 is 1. The van der Waals surface area contributed by atoms with Gasteiger partial charge >= 0.3 is 0 Å². The maximum absolute atomic E-state index is 13.3. The number of para-hydroxylation sites is 2. The summed E-state index contributed by atoms with van der Waals surface area (Å²) < 4.78 is 33.5. The van der Waals surface area contributed by atoms with Gasteiger partial charge in [0.25, 0.3) is 5.91 Å². The fourth-order valence-electron chi connectivity index (χ4n) is 4.12. The molecule has 0 unspecified atom stereocenters. The standard InChI is InChI=1S/C26H29N3O4S/c1-27(24-13-6-7-14-25(24)33-2)26(30)22-11-8-12-23(19-22)34(31,32)29-17-15-28(16-18-29)20-21-9-4-3-5-10-21/h3-14,19H,15-18,20H2,1-2H3. The number of benzene rings is 3. The van der Waals surface area contributed by atoms with E-state index in [4.69, 9.17) is 4.74 Å². The summed E-state index contributed by atoms with van der Waals surface area (Å²) in [5.41, 5.74) is 2.12. The maximum atomic E-state index is 13.3. The summed E-state index contributed by atoms with van der Waals surface area (Å²) in [6, 6.07) is 23.6. The quantitative estimate of drug-likeness (QED) is 0.519. The van der Waals surface area contributed by atoms with Crippen LogP contribution in [0.25, 0.3) is 0 Å². The fourth-order valence-corrected chi connectivity index (χ4v) is 5.59. The summed E-state index contributed by atoms with van der Waals surface area (Å²) in [7, 11) is -0.515. The molecule has 7 nitrogen and oxygen atoms in total. The first-order valence-corrected chi connectivity index (χ1v) is 12.6. The molecule has 1 saturated heterocycles. The van der Waals surface area contributed by atoms with Crippen molar-refractivity contribution in [2.45, 2.75) is 11.4 Å². The molecular formula is C26H29N3O4S. The summed E-state index contributed by atoms with van der Waals surface area (Å²) in [5.74, 6) is 0.254. The van der Waals surface area contributed by atoms with E-state index >= 15 is 0 Å². The van der Waals surface area contributed by atoms with Crippen LogP contribution in [0.5, 0.6) is 5.75 Å². The second-order valence-electron chi connectivity index (χ2n) is 8.23. The molecule has 0 aliphatic carbocycles. The summed E-state index contributed by atoms with van der Waals surface area (Å²) in [5, 5.41) is 0. The number of anilines is 1. The third-order valence-electron chi connectivity index (χ3n) is 6.05. The van der Waals surface area contributed by atoms with Crippen molar-refractivity contribution in [3.63, 3.8) is 0 Å². The predicted octanol–water partition coefficient (Wildman–Crippen LogP) is 3.48. The van der Waals surface area contributed by atoms with Crippen LogP contribution in [0.4, 0.5) is 5.69 Å². The van der Waals surface area contributed by atoms with Gasteiger partial charge in [0.15, 0.2) is 0 Å². The number of rotatable bonds is 7. The van der Waals surface area contributed by atoms with Crippen molar-refractivity contribution < 1.29 is 17.9 Å².